The molecule has 1 aromatic heterocycles. The molecule has 3 nitrogen and oxygen atoms in total. The van der Waals surface area contributed by atoms with Gasteiger partial charge in [0.05, 0.1) is 6.10 Å². The zero-order chi connectivity index (χ0) is 17.9. The van der Waals surface area contributed by atoms with Gasteiger partial charge in [0.15, 0.2) is 0 Å². The van der Waals surface area contributed by atoms with Gasteiger partial charge in [-0.25, -0.2) is 9.97 Å². The second kappa shape index (κ2) is 5.78. The zero-order valence-electron chi connectivity index (χ0n) is 16.0. The minimum absolute atomic E-state index is 0.154. The third-order valence-electron chi connectivity index (χ3n) is 8.71. The molecule has 3 saturated carbocycles. The third kappa shape index (κ3) is 2.23. The van der Waals surface area contributed by atoms with Crippen molar-refractivity contribution in [2.45, 2.75) is 70.8 Å². The van der Waals surface area contributed by atoms with Crippen molar-refractivity contribution in [2.75, 3.05) is 0 Å². The van der Waals surface area contributed by atoms with Gasteiger partial charge in [-0.15, -0.1) is 5.73 Å². The maximum absolute atomic E-state index is 10.1. The number of aliphatic hydroxyl groups excluding tert-OH is 1. The van der Waals surface area contributed by atoms with E-state index in [0.29, 0.717) is 17.3 Å². The topological polar surface area (TPSA) is 46.0 Å². The van der Waals surface area contributed by atoms with Gasteiger partial charge in [-0.3, -0.25) is 0 Å². The first-order chi connectivity index (χ1) is 12.5. The van der Waals surface area contributed by atoms with Gasteiger partial charge in [-0.1, -0.05) is 13.8 Å². The van der Waals surface area contributed by atoms with E-state index < -0.39 is 0 Å². The van der Waals surface area contributed by atoms with Gasteiger partial charge >= 0.3 is 0 Å². The largest absolute Gasteiger partial charge is 0.393 e. The monoisotopic (exact) mass is 350 g/mol. The molecule has 3 heteroatoms. The molecule has 1 aromatic rings. The van der Waals surface area contributed by atoms with Crippen molar-refractivity contribution >= 4 is 0 Å². The summed E-state index contributed by atoms with van der Waals surface area (Å²) in [6.45, 7) is 4.99. The Balaban J connectivity index is 1.51. The minimum atomic E-state index is -0.154. The summed E-state index contributed by atoms with van der Waals surface area (Å²) in [7, 11) is 0. The van der Waals surface area contributed by atoms with E-state index in [2.05, 4.69) is 35.6 Å². The maximum Gasteiger partial charge on any atom is 0.115 e. The van der Waals surface area contributed by atoms with Crippen molar-refractivity contribution in [1.82, 2.24) is 9.97 Å². The number of nitrogens with zero attached hydrogens (tertiary/aromatic N) is 2. The predicted octanol–water partition coefficient (Wildman–Crippen LogP) is 4.65. The minimum Gasteiger partial charge on any atom is -0.393 e. The normalized spacial score (nSPS) is 46.9. The Kier molecular flexibility index (Phi) is 3.71. The van der Waals surface area contributed by atoms with Gasteiger partial charge in [-0.2, -0.15) is 0 Å². The lowest BCUT2D eigenvalue weighted by Gasteiger charge is -2.56. The number of aromatic nitrogens is 2. The van der Waals surface area contributed by atoms with E-state index in [-0.39, 0.29) is 11.5 Å². The summed E-state index contributed by atoms with van der Waals surface area (Å²) in [5, 5.41) is 10.1. The molecule has 0 aliphatic heterocycles. The summed E-state index contributed by atoms with van der Waals surface area (Å²) < 4.78 is 0. The second-order valence-corrected chi connectivity index (χ2v) is 9.74. The summed E-state index contributed by atoms with van der Waals surface area (Å²) >= 11 is 0. The van der Waals surface area contributed by atoms with Crippen LogP contribution in [0.3, 0.4) is 0 Å². The van der Waals surface area contributed by atoms with E-state index in [1.54, 1.807) is 6.33 Å². The van der Waals surface area contributed by atoms with Crippen molar-refractivity contribution in [2.24, 2.45) is 28.6 Å². The molecule has 0 aromatic carbocycles. The number of fused-ring (bicyclic) bond motifs is 5. The lowest BCUT2D eigenvalue weighted by molar-refractivity contribution is -0.0181. The van der Waals surface area contributed by atoms with Gasteiger partial charge in [0, 0.05) is 18.8 Å². The molecule has 0 spiro atoms. The Hall–Kier alpha value is -1.44. The molecule has 1 heterocycles. The molecular weight excluding hydrogens is 320 g/mol. The van der Waals surface area contributed by atoms with Crippen LogP contribution in [0.2, 0.25) is 0 Å². The van der Waals surface area contributed by atoms with Crippen LogP contribution in [-0.4, -0.2) is 21.2 Å². The van der Waals surface area contributed by atoms with E-state index in [1.165, 1.54) is 36.8 Å². The highest BCUT2D eigenvalue weighted by Gasteiger charge is 2.58. The summed E-state index contributed by atoms with van der Waals surface area (Å²) in [6.07, 6.45) is 16.1. The molecule has 4 aliphatic rings. The summed E-state index contributed by atoms with van der Waals surface area (Å²) in [5.74, 6) is 2.71. The van der Waals surface area contributed by atoms with Crippen LogP contribution in [-0.2, 0) is 0 Å². The molecule has 7 atom stereocenters. The van der Waals surface area contributed by atoms with Gasteiger partial charge in [0.2, 0.25) is 0 Å². The standard InChI is InChI=1S/C23H30N2O/c1-22-9-7-17(26)11-16(22)3-4-18-20-6-5-19(15-12-24-14-25-13-15)23(20,2)10-8-21(18)22/h4,12-14,17-21,26H,5-11H2,1-2H3/t17-,18-,19?,20-,21-,22-,23+/m0/s1. The molecule has 5 rings (SSSR count). The van der Waals surface area contributed by atoms with Crippen LogP contribution in [0.4, 0.5) is 0 Å². The van der Waals surface area contributed by atoms with Crippen LogP contribution >= 0.6 is 0 Å². The molecule has 4 aliphatic carbocycles. The highest BCUT2D eigenvalue weighted by molar-refractivity contribution is 5.28. The molecule has 138 valence electrons. The Morgan fingerprint density at radius 2 is 1.85 bits per heavy atom. The average Bonchev–Trinajstić information content (AvgIpc) is 3.00. The molecule has 1 unspecified atom stereocenters. The fraction of sp³-hybridized carbons (Fsp3) is 0.696. The Labute approximate surface area is 156 Å². The van der Waals surface area contributed by atoms with Gasteiger partial charge in [0.1, 0.15) is 6.33 Å². The lowest BCUT2D eigenvalue weighted by atomic mass is 9.48. The molecular formula is C23H30N2O. The molecule has 26 heavy (non-hydrogen) atoms. The van der Waals surface area contributed by atoms with Crippen LogP contribution in [0, 0.1) is 28.6 Å². The zero-order valence-corrected chi connectivity index (χ0v) is 16.0. The number of aliphatic hydroxyl groups is 1. The van der Waals surface area contributed by atoms with Crippen molar-refractivity contribution in [3.05, 3.63) is 41.7 Å². The predicted molar refractivity (Wildman–Crippen MR) is 101 cm³/mol. The molecule has 3 fully saturated rings. The lowest BCUT2D eigenvalue weighted by Crippen LogP contribution is -2.48. The van der Waals surface area contributed by atoms with Gasteiger partial charge in [-0.05, 0) is 90.2 Å². The fourth-order valence-electron chi connectivity index (χ4n) is 7.23. The first kappa shape index (κ1) is 16.7. The van der Waals surface area contributed by atoms with Crippen molar-refractivity contribution in [3.63, 3.8) is 0 Å². The van der Waals surface area contributed by atoms with Crippen LogP contribution in [0.25, 0.3) is 0 Å². The van der Waals surface area contributed by atoms with Crippen LogP contribution in [0.1, 0.15) is 70.3 Å². The number of hydrogen-bond acceptors (Lipinski definition) is 3. The smallest absolute Gasteiger partial charge is 0.115 e. The van der Waals surface area contributed by atoms with Crippen LogP contribution in [0.5, 0.6) is 0 Å². The second-order valence-electron chi connectivity index (χ2n) is 9.74. The highest BCUT2D eigenvalue weighted by Crippen LogP contribution is 2.66. The SMILES string of the molecule is C[C@]12CC[C@H](O)CC1=C=C[C@@H]1[C@@H]2CC[C@]2(C)C(c3cncnc3)CC[C@@H]12. The Bertz CT molecular complexity index is 768. The van der Waals surface area contributed by atoms with Crippen molar-refractivity contribution < 1.29 is 5.11 Å². The van der Waals surface area contributed by atoms with E-state index in [0.717, 1.165) is 31.1 Å². The first-order valence-corrected chi connectivity index (χ1v) is 10.4. The van der Waals surface area contributed by atoms with E-state index in [9.17, 15) is 5.11 Å². The van der Waals surface area contributed by atoms with Crippen LogP contribution in [0.15, 0.2) is 36.1 Å². The summed E-state index contributed by atoms with van der Waals surface area (Å²) in [4.78, 5) is 8.59. The summed E-state index contributed by atoms with van der Waals surface area (Å²) in [6, 6.07) is 0. The van der Waals surface area contributed by atoms with E-state index in [4.69, 9.17) is 0 Å². The first-order valence-electron chi connectivity index (χ1n) is 10.4. The maximum atomic E-state index is 10.1. The van der Waals surface area contributed by atoms with E-state index in [1.807, 2.05) is 12.4 Å². The molecule has 0 bridgehead atoms. The Morgan fingerprint density at radius 1 is 1.04 bits per heavy atom. The van der Waals surface area contributed by atoms with Gasteiger partial charge < -0.3 is 5.11 Å². The van der Waals surface area contributed by atoms with Crippen molar-refractivity contribution in [1.29, 1.82) is 0 Å². The number of hydrogen-bond donors (Lipinski definition) is 1. The molecule has 0 radical (unpaired) electrons. The van der Waals surface area contributed by atoms with E-state index >= 15 is 0 Å². The highest BCUT2D eigenvalue weighted by atomic mass is 16.3. The Morgan fingerprint density at radius 3 is 2.65 bits per heavy atom. The quantitative estimate of drug-likeness (QED) is 0.750. The summed E-state index contributed by atoms with van der Waals surface area (Å²) in [5.41, 5.74) is 7.02. The third-order valence-corrected chi connectivity index (χ3v) is 8.71. The number of rotatable bonds is 1. The molecule has 0 amide bonds. The van der Waals surface area contributed by atoms with Gasteiger partial charge in [0.25, 0.3) is 0 Å². The van der Waals surface area contributed by atoms with Crippen molar-refractivity contribution in [3.8, 4) is 0 Å². The van der Waals surface area contributed by atoms with Crippen LogP contribution < -0.4 is 0 Å². The molecule has 1 N–H and O–H groups in total. The molecule has 0 saturated heterocycles. The average molecular weight is 351 g/mol. The fourth-order valence-corrected chi connectivity index (χ4v) is 7.23.